The summed E-state index contributed by atoms with van der Waals surface area (Å²) >= 11 is 0. The van der Waals surface area contributed by atoms with E-state index in [9.17, 15) is 10.2 Å². The fourth-order valence-corrected chi connectivity index (χ4v) is 2.99. The van der Waals surface area contributed by atoms with E-state index in [0.717, 1.165) is 31.6 Å². The van der Waals surface area contributed by atoms with Crippen LogP contribution in [0.3, 0.4) is 0 Å². The first-order valence-corrected chi connectivity index (χ1v) is 7.74. The van der Waals surface area contributed by atoms with Crippen molar-refractivity contribution in [1.29, 1.82) is 0 Å². The molecule has 0 heterocycles. The smallest absolute Gasteiger partial charge is 0.0772 e. The lowest BCUT2D eigenvalue weighted by atomic mass is 9.79. The molecule has 1 fully saturated rings. The van der Waals surface area contributed by atoms with Crippen molar-refractivity contribution < 1.29 is 10.2 Å². The summed E-state index contributed by atoms with van der Waals surface area (Å²) in [7, 11) is 0. The van der Waals surface area contributed by atoms with Gasteiger partial charge in [0.25, 0.3) is 0 Å². The zero-order chi connectivity index (χ0) is 14.4. The van der Waals surface area contributed by atoms with Gasteiger partial charge in [0.15, 0.2) is 0 Å². The second-order valence-electron chi connectivity index (χ2n) is 6.26. The number of rotatable bonds is 6. The number of benzene rings is 1. The predicted molar refractivity (Wildman–Crippen MR) is 81.5 cm³/mol. The molecule has 0 radical (unpaired) electrons. The van der Waals surface area contributed by atoms with Crippen LogP contribution in [-0.2, 0) is 0 Å². The lowest BCUT2D eigenvalue weighted by Crippen LogP contribution is -2.44. The maximum Gasteiger partial charge on any atom is 0.0772 e. The van der Waals surface area contributed by atoms with Gasteiger partial charge in [-0.05, 0) is 43.6 Å². The van der Waals surface area contributed by atoms with Crippen molar-refractivity contribution in [3.05, 3.63) is 35.9 Å². The monoisotopic (exact) mass is 277 g/mol. The lowest BCUT2D eigenvalue weighted by Gasteiger charge is -2.36. The van der Waals surface area contributed by atoms with E-state index in [4.69, 9.17) is 0 Å². The molecule has 0 aliphatic heterocycles. The Morgan fingerprint density at radius 1 is 1.25 bits per heavy atom. The molecule has 20 heavy (non-hydrogen) atoms. The van der Waals surface area contributed by atoms with Crippen LogP contribution in [-0.4, -0.2) is 29.0 Å². The fraction of sp³-hybridized carbons (Fsp3) is 0.647. The third-order valence-corrected chi connectivity index (χ3v) is 4.50. The molecule has 3 N–H and O–H groups in total. The second kappa shape index (κ2) is 7.21. The highest BCUT2D eigenvalue weighted by atomic mass is 16.3. The van der Waals surface area contributed by atoms with Crippen LogP contribution in [0.1, 0.15) is 50.6 Å². The van der Waals surface area contributed by atoms with Gasteiger partial charge in [-0.25, -0.2) is 0 Å². The van der Waals surface area contributed by atoms with Gasteiger partial charge < -0.3 is 15.5 Å². The van der Waals surface area contributed by atoms with Crippen LogP contribution in [0.25, 0.3) is 0 Å². The Kier molecular flexibility index (Phi) is 5.58. The molecule has 3 heteroatoms. The van der Waals surface area contributed by atoms with Crippen molar-refractivity contribution in [2.24, 2.45) is 5.92 Å². The summed E-state index contributed by atoms with van der Waals surface area (Å²) in [4.78, 5) is 0. The molecule has 0 bridgehead atoms. The van der Waals surface area contributed by atoms with Gasteiger partial charge in [-0.1, -0.05) is 37.3 Å². The first-order chi connectivity index (χ1) is 9.63. The quantitative estimate of drug-likeness (QED) is 0.749. The number of hydrogen-bond acceptors (Lipinski definition) is 3. The molecular weight excluding hydrogens is 250 g/mol. The molecule has 0 amide bonds. The molecule has 1 atom stereocenters. The molecule has 0 spiro atoms. The average Bonchev–Trinajstić information content (AvgIpc) is 2.48. The highest BCUT2D eigenvalue weighted by molar-refractivity contribution is 5.19. The number of aliphatic hydroxyl groups excluding tert-OH is 1. The molecule has 1 aliphatic carbocycles. The van der Waals surface area contributed by atoms with E-state index < -0.39 is 5.60 Å². The van der Waals surface area contributed by atoms with E-state index in [1.165, 1.54) is 5.56 Å². The molecule has 112 valence electrons. The van der Waals surface area contributed by atoms with Crippen molar-refractivity contribution in [3.63, 3.8) is 0 Å². The summed E-state index contributed by atoms with van der Waals surface area (Å²) < 4.78 is 0. The largest absolute Gasteiger partial charge is 0.396 e. The minimum absolute atomic E-state index is 0.115. The Morgan fingerprint density at radius 2 is 1.90 bits per heavy atom. The number of nitrogens with one attached hydrogen (secondary N) is 1. The van der Waals surface area contributed by atoms with Gasteiger partial charge in [0.1, 0.15) is 0 Å². The minimum atomic E-state index is -0.574. The standard InChI is InChI=1S/C17H27NO2/c1-14-7-10-17(20,11-8-14)13-18-16(9-12-19)15-5-3-2-4-6-15/h2-6,14,16,18-20H,7-13H2,1H3. The van der Waals surface area contributed by atoms with Crippen LogP contribution in [0.4, 0.5) is 0 Å². The molecular formula is C17H27NO2. The van der Waals surface area contributed by atoms with Gasteiger partial charge in [-0.2, -0.15) is 0 Å². The third-order valence-electron chi connectivity index (χ3n) is 4.50. The van der Waals surface area contributed by atoms with Crippen LogP contribution in [0, 0.1) is 5.92 Å². The molecule has 1 aromatic rings. The van der Waals surface area contributed by atoms with Gasteiger partial charge in [0.2, 0.25) is 0 Å². The van der Waals surface area contributed by atoms with E-state index >= 15 is 0 Å². The van der Waals surface area contributed by atoms with Crippen molar-refractivity contribution in [2.45, 2.75) is 50.7 Å². The second-order valence-corrected chi connectivity index (χ2v) is 6.26. The van der Waals surface area contributed by atoms with Crippen LogP contribution < -0.4 is 5.32 Å². The van der Waals surface area contributed by atoms with Crippen LogP contribution in [0.2, 0.25) is 0 Å². The summed E-state index contributed by atoms with van der Waals surface area (Å²) in [6, 6.07) is 10.3. The van der Waals surface area contributed by atoms with Crippen LogP contribution in [0.5, 0.6) is 0 Å². The summed E-state index contributed by atoms with van der Waals surface area (Å²) in [6.45, 7) is 3.02. The van der Waals surface area contributed by atoms with Gasteiger partial charge in [-0.15, -0.1) is 0 Å². The maximum absolute atomic E-state index is 10.6. The highest BCUT2D eigenvalue weighted by Crippen LogP contribution is 2.32. The van der Waals surface area contributed by atoms with Crippen molar-refractivity contribution in [1.82, 2.24) is 5.32 Å². The topological polar surface area (TPSA) is 52.5 Å². The third kappa shape index (κ3) is 4.30. The summed E-state index contributed by atoms with van der Waals surface area (Å²) in [5.41, 5.74) is 0.601. The van der Waals surface area contributed by atoms with Gasteiger partial charge in [0.05, 0.1) is 5.60 Å². The van der Waals surface area contributed by atoms with E-state index in [1.54, 1.807) is 0 Å². The molecule has 1 saturated carbocycles. The summed E-state index contributed by atoms with van der Waals surface area (Å²) in [5.74, 6) is 0.734. The lowest BCUT2D eigenvalue weighted by molar-refractivity contribution is -0.00877. The zero-order valence-electron chi connectivity index (χ0n) is 12.4. The molecule has 1 unspecified atom stereocenters. The Bertz CT molecular complexity index is 385. The van der Waals surface area contributed by atoms with E-state index in [-0.39, 0.29) is 12.6 Å². The summed E-state index contributed by atoms with van der Waals surface area (Å²) in [6.07, 6.45) is 4.64. The van der Waals surface area contributed by atoms with Crippen molar-refractivity contribution in [2.75, 3.05) is 13.2 Å². The molecule has 1 aliphatic rings. The van der Waals surface area contributed by atoms with Crippen molar-refractivity contribution in [3.8, 4) is 0 Å². The molecule has 2 rings (SSSR count). The molecule has 1 aromatic carbocycles. The molecule has 0 aromatic heterocycles. The van der Waals surface area contributed by atoms with Gasteiger partial charge in [0, 0.05) is 19.2 Å². The Hall–Kier alpha value is -0.900. The first-order valence-electron chi connectivity index (χ1n) is 7.74. The predicted octanol–water partition coefficient (Wildman–Crippen LogP) is 2.64. The number of aliphatic hydroxyl groups is 2. The maximum atomic E-state index is 10.6. The summed E-state index contributed by atoms with van der Waals surface area (Å²) in [5, 5.41) is 23.3. The normalized spacial score (nSPS) is 28.2. The Balaban J connectivity index is 1.92. The van der Waals surface area contributed by atoms with Crippen LogP contribution in [0.15, 0.2) is 30.3 Å². The average molecular weight is 277 g/mol. The molecule has 3 nitrogen and oxygen atoms in total. The van der Waals surface area contributed by atoms with Crippen LogP contribution >= 0.6 is 0 Å². The van der Waals surface area contributed by atoms with E-state index in [1.807, 2.05) is 18.2 Å². The minimum Gasteiger partial charge on any atom is -0.396 e. The van der Waals surface area contributed by atoms with Crippen molar-refractivity contribution >= 4 is 0 Å². The van der Waals surface area contributed by atoms with Gasteiger partial charge >= 0.3 is 0 Å². The van der Waals surface area contributed by atoms with Gasteiger partial charge in [-0.3, -0.25) is 0 Å². The Labute approximate surface area is 122 Å². The SMILES string of the molecule is CC1CCC(O)(CNC(CCO)c2ccccc2)CC1. The zero-order valence-corrected chi connectivity index (χ0v) is 12.4. The van der Waals surface area contributed by atoms with E-state index in [0.29, 0.717) is 13.0 Å². The molecule has 0 saturated heterocycles. The number of hydrogen-bond donors (Lipinski definition) is 3. The first kappa shape index (κ1) is 15.5. The highest BCUT2D eigenvalue weighted by Gasteiger charge is 2.32. The Morgan fingerprint density at radius 3 is 2.50 bits per heavy atom. The fourth-order valence-electron chi connectivity index (χ4n) is 2.99. The van der Waals surface area contributed by atoms with E-state index in [2.05, 4.69) is 24.4 Å².